The smallest absolute Gasteiger partial charge is 0.270 e. The van der Waals surface area contributed by atoms with Gasteiger partial charge in [0.1, 0.15) is 5.82 Å². The molecular formula is C17H19ClFN3O2. The Morgan fingerprint density at radius 2 is 2.04 bits per heavy atom. The minimum absolute atomic E-state index is 0.0761. The fourth-order valence-electron chi connectivity index (χ4n) is 2.77. The highest BCUT2D eigenvalue weighted by molar-refractivity contribution is 6.31. The fraction of sp³-hybridized carbons (Fsp3) is 0.412. The Hall–Kier alpha value is -1.92. The van der Waals surface area contributed by atoms with Crippen LogP contribution in [0, 0.1) is 5.82 Å². The average Bonchev–Trinajstić information content (AvgIpc) is 2.60. The molecule has 0 bridgehead atoms. The van der Waals surface area contributed by atoms with Crippen LogP contribution in [0.4, 0.5) is 10.2 Å². The van der Waals surface area contributed by atoms with Gasteiger partial charge in [-0.15, -0.1) is 0 Å². The zero-order valence-electron chi connectivity index (χ0n) is 13.4. The molecule has 0 radical (unpaired) electrons. The SMILES string of the molecule is Cn1c(Cl)c(N2CCC(OCc3ccccc3F)CC2)ncc1=O. The van der Waals surface area contributed by atoms with Crippen LogP contribution in [0.15, 0.2) is 35.3 Å². The van der Waals surface area contributed by atoms with Gasteiger partial charge in [-0.3, -0.25) is 9.36 Å². The van der Waals surface area contributed by atoms with Crippen LogP contribution in [0.5, 0.6) is 0 Å². The van der Waals surface area contributed by atoms with Crippen molar-refractivity contribution in [3.63, 3.8) is 0 Å². The maximum Gasteiger partial charge on any atom is 0.270 e. The number of aromatic nitrogens is 2. The lowest BCUT2D eigenvalue weighted by Crippen LogP contribution is -2.38. The molecule has 0 saturated carbocycles. The molecule has 128 valence electrons. The number of rotatable bonds is 4. The van der Waals surface area contributed by atoms with Crippen molar-refractivity contribution in [1.29, 1.82) is 0 Å². The first-order chi connectivity index (χ1) is 11.6. The van der Waals surface area contributed by atoms with Crippen LogP contribution >= 0.6 is 11.6 Å². The summed E-state index contributed by atoms with van der Waals surface area (Å²) < 4.78 is 20.8. The third-order valence-corrected chi connectivity index (χ3v) is 4.70. The summed E-state index contributed by atoms with van der Waals surface area (Å²) >= 11 is 6.21. The van der Waals surface area contributed by atoms with E-state index in [1.807, 2.05) is 4.90 Å². The van der Waals surface area contributed by atoms with Crippen molar-refractivity contribution >= 4 is 17.4 Å². The number of nitrogens with zero attached hydrogens (tertiary/aromatic N) is 3. The second kappa shape index (κ2) is 7.32. The summed E-state index contributed by atoms with van der Waals surface area (Å²) in [6.45, 7) is 1.73. The van der Waals surface area contributed by atoms with E-state index in [0.29, 0.717) is 16.5 Å². The zero-order chi connectivity index (χ0) is 17.1. The number of benzene rings is 1. The van der Waals surface area contributed by atoms with Gasteiger partial charge in [-0.05, 0) is 18.9 Å². The van der Waals surface area contributed by atoms with E-state index >= 15 is 0 Å². The summed E-state index contributed by atoms with van der Waals surface area (Å²) in [4.78, 5) is 17.7. The van der Waals surface area contributed by atoms with Gasteiger partial charge in [0.15, 0.2) is 11.0 Å². The molecule has 0 amide bonds. The molecule has 24 heavy (non-hydrogen) atoms. The van der Waals surface area contributed by atoms with Crippen LogP contribution in [0.3, 0.4) is 0 Å². The quantitative estimate of drug-likeness (QED) is 0.849. The second-order valence-electron chi connectivity index (χ2n) is 5.86. The topological polar surface area (TPSA) is 47.4 Å². The molecule has 7 heteroatoms. The maximum atomic E-state index is 13.6. The molecule has 1 aliphatic heterocycles. The van der Waals surface area contributed by atoms with E-state index in [9.17, 15) is 9.18 Å². The predicted octanol–water partition coefficient (Wildman–Crippen LogP) is 2.76. The molecule has 1 saturated heterocycles. The van der Waals surface area contributed by atoms with Crippen molar-refractivity contribution in [1.82, 2.24) is 9.55 Å². The molecular weight excluding hydrogens is 333 g/mol. The number of anilines is 1. The van der Waals surface area contributed by atoms with E-state index in [0.717, 1.165) is 25.9 Å². The van der Waals surface area contributed by atoms with E-state index in [4.69, 9.17) is 16.3 Å². The molecule has 1 aromatic heterocycles. The molecule has 3 rings (SSSR count). The highest BCUT2D eigenvalue weighted by Gasteiger charge is 2.23. The maximum absolute atomic E-state index is 13.6. The minimum atomic E-state index is -0.240. The highest BCUT2D eigenvalue weighted by Crippen LogP contribution is 2.25. The average molecular weight is 352 g/mol. The molecule has 1 fully saturated rings. The summed E-state index contributed by atoms with van der Waals surface area (Å²) in [6, 6.07) is 6.65. The Morgan fingerprint density at radius 1 is 1.33 bits per heavy atom. The van der Waals surface area contributed by atoms with Crippen molar-refractivity contribution < 1.29 is 9.13 Å². The molecule has 0 N–H and O–H groups in total. The normalized spacial score (nSPS) is 15.7. The molecule has 2 heterocycles. The van der Waals surface area contributed by atoms with Gasteiger partial charge in [0.2, 0.25) is 0 Å². The summed E-state index contributed by atoms with van der Waals surface area (Å²) in [7, 11) is 1.63. The van der Waals surface area contributed by atoms with Gasteiger partial charge >= 0.3 is 0 Å². The number of hydrogen-bond donors (Lipinski definition) is 0. The Bertz CT molecular complexity index is 773. The summed E-state index contributed by atoms with van der Waals surface area (Å²) in [6.07, 6.45) is 2.96. The Morgan fingerprint density at radius 3 is 2.75 bits per heavy atom. The number of hydrogen-bond acceptors (Lipinski definition) is 4. The van der Waals surface area contributed by atoms with Gasteiger partial charge in [0, 0.05) is 25.7 Å². The Labute approximate surface area is 144 Å². The lowest BCUT2D eigenvalue weighted by molar-refractivity contribution is 0.0237. The Balaban J connectivity index is 1.57. The third kappa shape index (κ3) is 3.60. The molecule has 5 nitrogen and oxygen atoms in total. The summed E-state index contributed by atoms with van der Waals surface area (Å²) in [5.74, 6) is 0.377. The fourth-order valence-corrected chi connectivity index (χ4v) is 3.02. The first kappa shape index (κ1) is 16.9. The number of halogens is 2. The first-order valence-electron chi connectivity index (χ1n) is 7.87. The van der Waals surface area contributed by atoms with Gasteiger partial charge in [0.25, 0.3) is 5.56 Å². The molecule has 2 aromatic rings. The summed E-state index contributed by atoms with van der Waals surface area (Å²) in [5.41, 5.74) is 0.342. The van der Waals surface area contributed by atoms with Crippen molar-refractivity contribution in [3.05, 3.63) is 57.3 Å². The second-order valence-corrected chi connectivity index (χ2v) is 6.22. The summed E-state index contributed by atoms with van der Waals surface area (Å²) in [5, 5.41) is 0.341. The monoisotopic (exact) mass is 351 g/mol. The van der Waals surface area contributed by atoms with Gasteiger partial charge in [-0.1, -0.05) is 29.8 Å². The Kier molecular flexibility index (Phi) is 5.16. The van der Waals surface area contributed by atoms with Crippen LogP contribution in [0.1, 0.15) is 18.4 Å². The van der Waals surface area contributed by atoms with Crippen molar-refractivity contribution in [3.8, 4) is 0 Å². The zero-order valence-corrected chi connectivity index (χ0v) is 14.2. The molecule has 0 aliphatic carbocycles. The van der Waals surface area contributed by atoms with Crippen molar-refractivity contribution in [2.75, 3.05) is 18.0 Å². The largest absolute Gasteiger partial charge is 0.373 e. The lowest BCUT2D eigenvalue weighted by Gasteiger charge is -2.33. The molecule has 0 atom stereocenters. The minimum Gasteiger partial charge on any atom is -0.373 e. The van der Waals surface area contributed by atoms with E-state index in [1.165, 1.54) is 16.8 Å². The van der Waals surface area contributed by atoms with Gasteiger partial charge in [-0.2, -0.15) is 0 Å². The van der Waals surface area contributed by atoms with Crippen LogP contribution in [0.25, 0.3) is 0 Å². The van der Waals surface area contributed by atoms with Crippen LogP contribution < -0.4 is 10.5 Å². The standard InChI is InChI=1S/C17H19ClFN3O2/c1-21-15(23)10-20-17(16(21)18)22-8-6-13(7-9-22)24-11-12-4-2-3-5-14(12)19/h2-5,10,13H,6-9,11H2,1H3. The van der Waals surface area contributed by atoms with E-state index in [1.54, 1.807) is 25.2 Å². The predicted molar refractivity (Wildman–Crippen MR) is 90.9 cm³/mol. The van der Waals surface area contributed by atoms with Crippen LogP contribution in [-0.2, 0) is 18.4 Å². The van der Waals surface area contributed by atoms with Crippen molar-refractivity contribution in [2.45, 2.75) is 25.6 Å². The lowest BCUT2D eigenvalue weighted by atomic mass is 10.1. The van der Waals surface area contributed by atoms with Gasteiger partial charge in [0.05, 0.1) is 18.9 Å². The van der Waals surface area contributed by atoms with Crippen LogP contribution in [0.2, 0.25) is 5.15 Å². The van der Waals surface area contributed by atoms with Gasteiger partial charge < -0.3 is 9.64 Å². The van der Waals surface area contributed by atoms with E-state index in [-0.39, 0.29) is 24.1 Å². The molecule has 0 spiro atoms. The highest BCUT2D eigenvalue weighted by atomic mass is 35.5. The molecule has 0 unspecified atom stereocenters. The number of piperidine rings is 1. The first-order valence-corrected chi connectivity index (χ1v) is 8.25. The van der Waals surface area contributed by atoms with Crippen LogP contribution in [-0.4, -0.2) is 28.7 Å². The molecule has 1 aromatic carbocycles. The van der Waals surface area contributed by atoms with E-state index in [2.05, 4.69) is 4.98 Å². The van der Waals surface area contributed by atoms with Crippen molar-refractivity contribution in [2.24, 2.45) is 7.05 Å². The third-order valence-electron chi connectivity index (χ3n) is 4.28. The molecule has 1 aliphatic rings. The van der Waals surface area contributed by atoms with Gasteiger partial charge in [-0.25, -0.2) is 9.37 Å². The van der Waals surface area contributed by atoms with E-state index < -0.39 is 0 Å². The number of ether oxygens (including phenoxy) is 1.